The van der Waals surface area contributed by atoms with E-state index in [0.29, 0.717) is 19.4 Å². The predicted octanol–water partition coefficient (Wildman–Crippen LogP) is 1.63. The first-order valence-corrected chi connectivity index (χ1v) is 7.58. The summed E-state index contributed by atoms with van der Waals surface area (Å²) in [5.41, 5.74) is 5.68. The standard InChI is InChI=1S/C15H30N4O4/c1-11(2)8-10-22-19(23-15(3,4)5)12(13(20)21)7-6-9-18-14(16)17/h8,12H,6-7,9-10H2,1-5H3,(H,20,21)(H4,16,17,18)/t12-/m0/s1. The van der Waals surface area contributed by atoms with Crippen molar-refractivity contribution >= 4 is 11.9 Å². The molecular weight excluding hydrogens is 300 g/mol. The van der Waals surface area contributed by atoms with E-state index >= 15 is 0 Å². The van der Waals surface area contributed by atoms with Crippen molar-refractivity contribution in [3.8, 4) is 0 Å². The number of nitrogens with one attached hydrogen (secondary N) is 2. The number of hydroxylamine groups is 2. The summed E-state index contributed by atoms with van der Waals surface area (Å²) in [5.74, 6) is -1.17. The van der Waals surface area contributed by atoms with Gasteiger partial charge in [0.25, 0.3) is 0 Å². The average molecular weight is 330 g/mol. The van der Waals surface area contributed by atoms with Gasteiger partial charge in [-0.1, -0.05) is 16.9 Å². The lowest BCUT2D eigenvalue weighted by atomic mass is 10.1. The molecule has 0 aliphatic carbocycles. The van der Waals surface area contributed by atoms with Crippen LogP contribution in [0.4, 0.5) is 0 Å². The Kier molecular flexibility index (Phi) is 9.47. The largest absolute Gasteiger partial charge is 0.480 e. The summed E-state index contributed by atoms with van der Waals surface area (Å²) in [6, 6.07) is -0.950. The minimum absolute atomic E-state index is 0.139. The maximum absolute atomic E-state index is 11.5. The van der Waals surface area contributed by atoms with Crippen molar-refractivity contribution in [2.45, 2.75) is 59.1 Å². The molecule has 0 radical (unpaired) electrons. The van der Waals surface area contributed by atoms with Gasteiger partial charge >= 0.3 is 5.97 Å². The number of guanidine groups is 1. The molecule has 8 heteroatoms. The Hall–Kier alpha value is -1.64. The van der Waals surface area contributed by atoms with Crippen LogP contribution in [0.15, 0.2) is 11.6 Å². The maximum atomic E-state index is 11.5. The Labute approximate surface area is 138 Å². The van der Waals surface area contributed by atoms with Crippen molar-refractivity contribution in [2.24, 2.45) is 5.73 Å². The molecule has 0 amide bonds. The van der Waals surface area contributed by atoms with Gasteiger partial charge in [-0.15, -0.1) is 0 Å². The van der Waals surface area contributed by atoms with Crippen molar-refractivity contribution in [3.63, 3.8) is 0 Å². The molecule has 5 N–H and O–H groups in total. The molecule has 0 fully saturated rings. The van der Waals surface area contributed by atoms with Crippen molar-refractivity contribution < 1.29 is 19.6 Å². The van der Waals surface area contributed by atoms with E-state index in [4.69, 9.17) is 20.8 Å². The summed E-state index contributed by atoms with van der Waals surface area (Å²) in [6.45, 7) is 9.96. The molecule has 0 aliphatic rings. The van der Waals surface area contributed by atoms with Crippen LogP contribution in [-0.2, 0) is 14.5 Å². The first-order valence-electron chi connectivity index (χ1n) is 7.58. The number of nitrogens with zero attached hydrogens (tertiary/aromatic N) is 1. The molecule has 23 heavy (non-hydrogen) atoms. The second-order valence-electron chi connectivity index (χ2n) is 6.40. The van der Waals surface area contributed by atoms with Gasteiger partial charge in [0, 0.05) is 6.54 Å². The minimum Gasteiger partial charge on any atom is -0.480 e. The van der Waals surface area contributed by atoms with Crippen LogP contribution in [0.2, 0.25) is 0 Å². The fourth-order valence-corrected chi connectivity index (χ4v) is 1.56. The highest BCUT2D eigenvalue weighted by Gasteiger charge is 2.31. The number of carboxylic acids is 1. The molecule has 0 aromatic heterocycles. The highest BCUT2D eigenvalue weighted by atomic mass is 17.0. The molecular formula is C15H30N4O4. The van der Waals surface area contributed by atoms with Gasteiger partial charge in [-0.25, -0.2) is 0 Å². The zero-order valence-corrected chi connectivity index (χ0v) is 14.7. The SMILES string of the molecule is CC(C)=CCON(OC(C)(C)C)[C@@H](CCCNC(=N)N)C(=O)O. The van der Waals surface area contributed by atoms with Gasteiger partial charge in [0.1, 0.15) is 0 Å². The fraction of sp³-hybridized carbons (Fsp3) is 0.733. The molecule has 0 rings (SSSR count). The van der Waals surface area contributed by atoms with Crippen LogP contribution in [-0.4, -0.2) is 47.1 Å². The van der Waals surface area contributed by atoms with E-state index in [2.05, 4.69) is 5.32 Å². The van der Waals surface area contributed by atoms with Crippen molar-refractivity contribution in [3.05, 3.63) is 11.6 Å². The van der Waals surface area contributed by atoms with E-state index in [0.717, 1.165) is 10.8 Å². The number of carbonyl (C=O) groups is 1. The number of nitrogens with two attached hydrogens (primary N) is 1. The van der Waals surface area contributed by atoms with Crippen LogP contribution < -0.4 is 11.1 Å². The highest BCUT2D eigenvalue weighted by molar-refractivity contribution is 5.74. The van der Waals surface area contributed by atoms with Gasteiger partial charge in [0.2, 0.25) is 0 Å². The molecule has 134 valence electrons. The molecule has 0 saturated heterocycles. The first-order chi connectivity index (χ1) is 10.5. The van der Waals surface area contributed by atoms with Crippen LogP contribution in [0.3, 0.4) is 0 Å². The molecule has 0 bridgehead atoms. The molecule has 0 saturated carbocycles. The lowest BCUT2D eigenvalue weighted by Crippen LogP contribution is -2.45. The van der Waals surface area contributed by atoms with Gasteiger partial charge in [0.05, 0.1) is 12.2 Å². The molecule has 1 atom stereocenters. The number of allylic oxidation sites excluding steroid dienone is 1. The Morgan fingerprint density at radius 2 is 2.04 bits per heavy atom. The summed E-state index contributed by atoms with van der Waals surface area (Å²) in [4.78, 5) is 22.7. The third-order valence-electron chi connectivity index (χ3n) is 2.57. The number of rotatable bonds is 10. The predicted molar refractivity (Wildman–Crippen MR) is 88.6 cm³/mol. The van der Waals surface area contributed by atoms with Crippen LogP contribution in [0.25, 0.3) is 0 Å². The summed E-state index contributed by atoms with van der Waals surface area (Å²) in [7, 11) is 0. The first kappa shape index (κ1) is 21.4. The molecule has 0 heterocycles. The lowest BCUT2D eigenvalue weighted by molar-refractivity contribution is -0.411. The smallest absolute Gasteiger partial charge is 0.325 e. The topological polar surface area (TPSA) is 121 Å². The lowest BCUT2D eigenvalue weighted by Gasteiger charge is -2.32. The van der Waals surface area contributed by atoms with E-state index in [-0.39, 0.29) is 12.6 Å². The second-order valence-corrected chi connectivity index (χ2v) is 6.40. The zero-order valence-electron chi connectivity index (χ0n) is 14.7. The van der Waals surface area contributed by atoms with Crippen molar-refractivity contribution in [1.82, 2.24) is 10.5 Å². The quantitative estimate of drug-likeness (QED) is 0.158. The Bertz CT molecular complexity index is 414. The Morgan fingerprint density at radius 1 is 1.43 bits per heavy atom. The third kappa shape index (κ3) is 11.6. The normalized spacial score (nSPS) is 12.8. The van der Waals surface area contributed by atoms with Crippen molar-refractivity contribution in [1.29, 1.82) is 5.41 Å². The van der Waals surface area contributed by atoms with Crippen molar-refractivity contribution in [2.75, 3.05) is 13.2 Å². The van der Waals surface area contributed by atoms with Gasteiger partial charge in [-0.05, 0) is 47.5 Å². The van der Waals surface area contributed by atoms with Crippen LogP contribution in [0, 0.1) is 5.41 Å². The highest BCUT2D eigenvalue weighted by Crippen LogP contribution is 2.17. The van der Waals surface area contributed by atoms with Crippen LogP contribution in [0.1, 0.15) is 47.5 Å². The monoisotopic (exact) mass is 330 g/mol. The summed E-state index contributed by atoms with van der Waals surface area (Å²) < 4.78 is 0. The third-order valence-corrected chi connectivity index (χ3v) is 2.57. The van der Waals surface area contributed by atoms with Crippen LogP contribution >= 0.6 is 0 Å². The van der Waals surface area contributed by atoms with E-state index in [1.807, 2.05) is 40.7 Å². The Morgan fingerprint density at radius 3 is 2.48 bits per heavy atom. The van der Waals surface area contributed by atoms with E-state index in [1.54, 1.807) is 0 Å². The summed E-state index contributed by atoms with van der Waals surface area (Å²) >= 11 is 0. The number of hydrogen-bond acceptors (Lipinski definition) is 5. The fourth-order valence-electron chi connectivity index (χ4n) is 1.56. The van der Waals surface area contributed by atoms with Gasteiger partial charge < -0.3 is 16.2 Å². The van der Waals surface area contributed by atoms with E-state index < -0.39 is 17.6 Å². The average Bonchev–Trinajstić information content (AvgIpc) is 2.34. The summed E-state index contributed by atoms with van der Waals surface area (Å²) in [5, 5.41) is 20.2. The van der Waals surface area contributed by atoms with E-state index in [9.17, 15) is 9.90 Å². The second kappa shape index (κ2) is 10.2. The maximum Gasteiger partial charge on any atom is 0.325 e. The van der Waals surface area contributed by atoms with Gasteiger partial charge in [-0.2, -0.15) is 0 Å². The molecule has 0 spiro atoms. The molecule has 0 aromatic carbocycles. The number of aliphatic carboxylic acids is 1. The number of carboxylic acid groups (broad SMARTS) is 1. The molecule has 0 aromatic rings. The van der Waals surface area contributed by atoms with Gasteiger partial charge in [0.15, 0.2) is 12.0 Å². The van der Waals surface area contributed by atoms with E-state index in [1.165, 1.54) is 0 Å². The number of hydrogen-bond donors (Lipinski definition) is 4. The minimum atomic E-state index is -1.03. The Balaban J connectivity index is 4.82. The summed E-state index contributed by atoms with van der Waals surface area (Å²) in [6.07, 6.45) is 2.64. The zero-order chi connectivity index (χ0) is 18.0. The molecule has 8 nitrogen and oxygen atoms in total. The molecule has 0 unspecified atom stereocenters. The van der Waals surface area contributed by atoms with Gasteiger partial charge in [-0.3, -0.25) is 19.9 Å². The molecule has 0 aliphatic heterocycles. The van der Waals surface area contributed by atoms with Crippen LogP contribution in [0.5, 0.6) is 0 Å².